The second kappa shape index (κ2) is 7.07. The molecule has 2 saturated heterocycles. The van der Waals surface area contributed by atoms with Gasteiger partial charge in [0.15, 0.2) is 0 Å². The van der Waals surface area contributed by atoms with Gasteiger partial charge < -0.3 is 4.74 Å². The van der Waals surface area contributed by atoms with E-state index in [4.69, 9.17) is 4.74 Å². The molecule has 1 aromatic heterocycles. The Balaban J connectivity index is 1.66. The molecule has 1 spiro atoms. The van der Waals surface area contributed by atoms with Gasteiger partial charge in [0, 0.05) is 45.1 Å². The number of rotatable bonds is 5. The molecule has 2 aliphatic rings. The monoisotopic (exact) mass is 353 g/mol. The molecule has 0 amide bonds. The summed E-state index contributed by atoms with van der Waals surface area (Å²) in [4.78, 5) is 6.52. The molecule has 0 unspecified atom stereocenters. The quantitative estimate of drug-likeness (QED) is 0.796. The largest absolute Gasteiger partial charge is 0.384 e. The second-order valence-electron chi connectivity index (χ2n) is 7.20. The molecular weight excluding hydrogens is 326 g/mol. The van der Waals surface area contributed by atoms with E-state index in [-0.39, 0.29) is 5.41 Å². The van der Waals surface area contributed by atoms with Crippen LogP contribution in [0.4, 0.5) is 0 Å². The fourth-order valence-corrected chi connectivity index (χ4v) is 5.08. The van der Waals surface area contributed by atoms with E-state index in [0.717, 1.165) is 32.5 Å². The number of ether oxygens (including phenoxy) is 1. The summed E-state index contributed by atoms with van der Waals surface area (Å²) in [6, 6.07) is 4.11. The number of piperidine rings is 1. The number of pyridine rings is 1. The van der Waals surface area contributed by atoms with Crippen LogP contribution in [0.25, 0.3) is 0 Å². The molecule has 3 heterocycles. The highest BCUT2D eigenvalue weighted by molar-refractivity contribution is 7.88. The maximum absolute atomic E-state index is 12.0. The minimum Gasteiger partial charge on any atom is -0.384 e. The summed E-state index contributed by atoms with van der Waals surface area (Å²) in [7, 11) is -1.43. The molecule has 0 N–H and O–H groups in total. The molecule has 0 saturated carbocycles. The van der Waals surface area contributed by atoms with Crippen LogP contribution in [0.5, 0.6) is 0 Å². The molecule has 6 nitrogen and oxygen atoms in total. The van der Waals surface area contributed by atoms with E-state index in [9.17, 15) is 8.42 Å². The van der Waals surface area contributed by atoms with Crippen LogP contribution in [-0.2, 0) is 21.3 Å². The second-order valence-corrected chi connectivity index (χ2v) is 9.18. The first-order chi connectivity index (χ1) is 11.4. The molecule has 0 bridgehead atoms. The number of likely N-dealkylation sites (tertiary alicyclic amines) is 1. The van der Waals surface area contributed by atoms with Crippen LogP contribution >= 0.6 is 0 Å². The van der Waals surface area contributed by atoms with E-state index in [0.29, 0.717) is 25.6 Å². The summed E-state index contributed by atoms with van der Waals surface area (Å²) < 4.78 is 31.0. The van der Waals surface area contributed by atoms with E-state index in [1.165, 1.54) is 11.8 Å². The Bertz CT molecular complexity index is 642. The minimum absolute atomic E-state index is 0.0633. The smallest absolute Gasteiger partial charge is 0.211 e. The molecule has 1 aromatic rings. The summed E-state index contributed by atoms with van der Waals surface area (Å²) in [5, 5.41) is 0. The predicted octanol–water partition coefficient (Wildman–Crippen LogP) is 1.20. The van der Waals surface area contributed by atoms with Gasteiger partial charge in [-0.3, -0.25) is 9.88 Å². The zero-order valence-corrected chi connectivity index (χ0v) is 15.3. The average molecular weight is 353 g/mol. The Labute approximate surface area is 144 Å². The van der Waals surface area contributed by atoms with Crippen LogP contribution in [0.3, 0.4) is 0 Å². The van der Waals surface area contributed by atoms with Gasteiger partial charge in [0.25, 0.3) is 0 Å². The van der Waals surface area contributed by atoms with Gasteiger partial charge in [-0.15, -0.1) is 0 Å². The third-order valence-electron chi connectivity index (χ3n) is 5.63. The first-order valence-electron chi connectivity index (χ1n) is 8.48. The van der Waals surface area contributed by atoms with Gasteiger partial charge in [-0.05, 0) is 49.0 Å². The van der Waals surface area contributed by atoms with Crippen molar-refractivity contribution in [1.29, 1.82) is 0 Å². The highest BCUT2D eigenvalue weighted by Crippen LogP contribution is 2.45. The number of methoxy groups -OCH3 is 1. The third-order valence-corrected chi connectivity index (χ3v) is 6.84. The summed E-state index contributed by atoms with van der Waals surface area (Å²) >= 11 is 0. The van der Waals surface area contributed by atoms with Crippen molar-refractivity contribution in [2.24, 2.45) is 11.3 Å². The number of hydrogen-bond acceptors (Lipinski definition) is 5. The molecule has 3 rings (SSSR count). The Kier molecular flexibility index (Phi) is 5.24. The van der Waals surface area contributed by atoms with Gasteiger partial charge in [0.2, 0.25) is 10.0 Å². The average Bonchev–Trinajstić information content (AvgIpc) is 2.90. The van der Waals surface area contributed by atoms with E-state index >= 15 is 0 Å². The van der Waals surface area contributed by atoms with E-state index < -0.39 is 10.0 Å². The van der Waals surface area contributed by atoms with E-state index in [2.05, 4.69) is 22.0 Å². The molecule has 2 fully saturated rings. The minimum atomic E-state index is -3.13. The van der Waals surface area contributed by atoms with Crippen LogP contribution in [0.1, 0.15) is 18.4 Å². The maximum atomic E-state index is 12.0. The summed E-state index contributed by atoms with van der Waals surface area (Å²) in [5.74, 6) is 0.292. The number of hydrogen-bond donors (Lipinski definition) is 0. The molecule has 0 radical (unpaired) electrons. The van der Waals surface area contributed by atoms with Crippen molar-refractivity contribution in [1.82, 2.24) is 14.2 Å². The first-order valence-corrected chi connectivity index (χ1v) is 10.3. The molecule has 2 aliphatic heterocycles. The number of aromatic nitrogens is 1. The van der Waals surface area contributed by atoms with E-state index in [1.54, 1.807) is 11.4 Å². The number of sulfonamides is 1. The molecular formula is C17H27N3O3S. The molecule has 0 aliphatic carbocycles. The highest BCUT2D eigenvalue weighted by Gasteiger charge is 2.49. The SMILES string of the molecule is COC[C@H]1CN(S(C)(=O)=O)CC12CCN(Cc1ccncc1)CC2. The summed E-state index contributed by atoms with van der Waals surface area (Å²) in [5.41, 5.74) is 1.34. The lowest BCUT2D eigenvalue weighted by molar-refractivity contribution is 0.0357. The summed E-state index contributed by atoms with van der Waals surface area (Å²) in [6.07, 6.45) is 7.03. The van der Waals surface area contributed by atoms with E-state index in [1.807, 2.05) is 12.4 Å². The van der Waals surface area contributed by atoms with Gasteiger partial charge in [-0.1, -0.05) is 0 Å². The van der Waals surface area contributed by atoms with Crippen molar-refractivity contribution in [2.75, 3.05) is 46.2 Å². The molecule has 0 aromatic carbocycles. The van der Waals surface area contributed by atoms with Crippen LogP contribution in [0.2, 0.25) is 0 Å². The molecule has 134 valence electrons. The Morgan fingerprint density at radius 3 is 2.54 bits per heavy atom. The molecule has 7 heteroatoms. The van der Waals surface area contributed by atoms with Crippen molar-refractivity contribution in [2.45, 2.75) is 19.4 Å². The van der Waals surface area contributed by atoms with Gasteiger partial charge >= 0.3 is 0 Å². The Morgan fingerprint density at radius 2 is 1.96 bits per heavy atom. The van der Waals surface area contributed by atoms with Crippen LogP contribution in [-0.4, -0.2) is 68.8 Å². The summed E-state index contributed by atoms with van der Waals surface area (Å²) in [6.45, 7) is 4.81. The normalized spacial score (nSPS) is 25.3. The third kappa shape index (κ3) is 3.79. The Morgan fingerprint density at radius 1 is 1.29 bits per heavy atom. The fourth-order valence-electron chi connectivity index (χ4n) is 4.14. The van der Waals surface area contributed by atoms with Crippen molar-refractivity contribution >= 4 is 10.0 Å². The lowest BCUT2D eigenvalue weighted by atomic mass is 9.71. The number of nitrogens with zero attached hydrogens (tertiary/aromatic N) is 3. The van der Waals surface area contributed by atoms with Crippen molar-refractivity contribution in [3.05, 3.63) is 30.1 Å². The standard InChI is InChI=1S/C17H27N3O3S/c1-23-13-16-12-20(24(2,21)22)14-17(16)5-9-19(10-6-17)11-15-3-7-18-8-4-15/h3-4,7-8,16H,5-6,9-14H2,1-2H3/t16-/m1/s1. The van der Waals surface area contributed by atoms with Crippen LogP contribution in [0.15, 0.2) is 24.5 Å². The van der Waals surface area contributed by atoms with Crippen LogP contribution < -0.4 is 0 Å². The van der Waals surface area contributed by atoms with Crippen LogP contribution in [0, 0.1) is 11.3 Å². The van der Waals surface area contributed by atoms with Crippen molar-refractivity contribution in [3.8, 4) is 0 Å². The predicted molar refractivity (Wildman–Crippen MR) is 93.0 cm³/mol. The van der Waals surface area contributed by atoms with Crippen molar-refractivity contribution < 1.29 is 13.2 Å². The molecule has 1 atom stereocenters. The first kappa shape index (κ1) is 17.8. The highest BCUT2D eigenvalue weighted by atomic mass is 32.2. The zero-order chi connectivity index (χ0) is 17.2. The molecule has 24 heavy (non-hydrogen) atoms. The maximum Gasteiger partial charge on any atom is 0.211 e. The lowest BCUT2D eigenvalue weighted by Crippen LogP contribution is -2.45. The van der Waals surface area contributed by atoms with Gasteiger partial charge in [0.05, 0.1) is 12.9 Å². The zero-order valence-electron chi connectivity index (χ0n) is 14.5. The van der Waals surface area contributed by atoms with Gasteiger partial charge in [-0.25, -0.2) is 12.7 Å². The lowest BCUT2D eigenvalue weighted by Gasteiger charge is -2.42. The van der Waals surface area contributed by atoms with Gasteiger partial charge in [-0.2, -0.15) is 0 Å². The fraction of sp³-hybridized carbons (Fsp3) is 0.706. The Hall–Kier alpha value is -1.02. The van der Waals surface area contributed by atoms with Crippen molar-refractivity contribution in [3.63, 3.8) is 0 Å². The van der Waals surface area contributed by atoms with Gasteiger partial charge in [0.1, 0.15) is 0 Å². The topological polar surface area (TPSA) is 62.7 Å².